The predicted molar refractivity (Wildman–Crippen MR) is 59.0 cm³/mol. The van der Waals surface area contributed by atoms with Crippen LogP contribution in [0.5, 0.6) is 0 Å². The first-order valence-electron chi connectivity index (χ1n) is 3.80. The Morgan fingerprint density at radius 2 is 1.93 bits per heavy atom. The molecule has 0 aliphatic rings. The summed E-state index contributed by atoms with van der Waals surface area (Å²) in [5.41, 5.74) is 0. The van der Waals surface area contributed by atoms with E-state index in [4.69, 9.17) is 23.2 Å². The van der Waals surface area contributed by atoms with Crippen LogP contribution in [0, 0.1) is 10.1 Å². The molecule has 6 heteroatoms. The fourth-order valence-electron chi connectivity index (χ4n) is 0.843. The first-order valence-corrected chi connectivity index (χ1v) is 5.54. The summed E-state index contributed by atoms with van der Waals surface area (Å²) >= 11 is 13.0. The van der Waals surface area contributed by atoms with Crippen molar-refractivity contribution in [3.8, 4) is 0 Å². The number of nitro groups is 1. The molecule has 0 bridgehead atoms. The minimum Gasteiger partial charge on any atom is -0.265 e. The van der Waals surface area contributed by atoms with Gasteiger partial charge in [-0.05, 0) is 12.1 Å². The van der Waals surface area contributed by atoms with E-state index in [9.17, 15) is 10.1 Å². The van der Waals surface area contributed by atoms with Crippen molar-refractivity contribution in [2.45, 2.75) is 4.90 Å². The van der Waals surface area contributed by atoms with Gasteiger partial charge in [-0.1, -0.05) is 29.3 Å². The van der Waals surface area contributed by atoms with Gasteiger partial charge in [0.15, 0.2) is 0 Å². The molecule has 0 saturated carbocycles. The Kier molecular flexibility index (Phi) is 4.51. The van der Waals surface area contributed by atoms with Crippen molar-refractivity contribution in [2.24, 2.45) is 0 Å². The number of halogens is 2. The van der Waals surface area contributed by atoms with Crippen LogP contribution in [-0.2, 0) is 0 Å². The van der Waals surface area contributed by atoms with Crippen LogP contribution in [0.15, 0.2) is 23.1 Å². The zero-order valence-electron chi connectivity index (χ0n) is 7.07. The number of thioether (sulfide) groups is 1. The van der Waals surface area contributed by atoms with Gasteiger partial charge in [0.1, 0.15) is 0 Å². The maximum atomic E-state index is 10.1. The minimum absolute atomic E-state index is 0.0911. The molecule has 0 spiro atoms. The first kappa shape index (κ1) is 11.6. The van der Waals surface area contributed by atoms with Crippen LogP contribution in [-0.4, -0.2) is 17.2 Å². The highest BCUT2D eigenvalue weighted by Gasteiger charge is 2.07. The monoisotopic (exact) mass is 251 g/mol. The number of hydrogen-bond acceptors (Lipinski definition) is 3. The smallest absolute Gasteiger partial charge is 0.213 e. The lowest BCUT2D eigenvalue weighted by Gasteiger charge is -2.03. The summed E-state index contributed by atoms with van der Waals surface area (Å²) < 4.78 is 0. The highest BCUT2D eigenvalue weighted by molar-refractivity contribution is 7.99. The molecule has 1 aromatic rings. The van der Waals surface area contributed by atoms with E-state index in [0.717, 1.165) is 0 Å². The van der Waals surface area contributed by atoms with Crippen LogP contribution < -0.4 is 0 Å². The average molecular weight is 252 g/mol. The predicted octanol–water partition coefficient (Wildman–Crippen LogP) is 3.36. The van der Waals surface area contributed by atoms with Gasteiger partial charge >= 0.3 is 0 Å². The standard InChI is InChI=1S/C8H7Cl2NO2S/c9-6-2-1-3-7(10)8(6)14-5-4-11(12)13/h1-3H,4-5H2. The lowest BCUT2D eigenvalue weighted by atomic mass is 10.4. The fourth-order valence-corrected chi connectivity index (χ4v) is 2.42. The normalized spacial score (nSPS) is 10.1. The van der Waals surface area contributed by atoms with Crippen molar-refractivity contribution >= 4 is 35.0 Å². The van der Waals surface area contributed by atoms with Crippen LogP contribution in [0.1, 0.15) is 0 Å². The van der Waals surface area contributed by atoms with Gasteiger partial charge in [-0.15, -0.1) is 11.8 Å². The highest BCUT2D eigenvalue weighted by atomic mass is 35.5. The summed E-state index contributed by atoms with van der Waals surface area (Å²) in [6.45, 7) is -0.0911. The van der Waals surface area contributed by atoms with Crippen molar-refractivity contribution < 1.29 is 4.92 Å². The Morgan fingerprint density at radius 3 is 2.43 bits per heavy atom. The van der Waals surface area contributed by atoms with Crippen LogP contribution in [0.3, 0.4) is 0 Å². The Bertz CT molecular complexity index is 326. The zero-order valence-corrected chi connectivity index (χ0v) is 9.40. The Balaban J connectivity index is 2.62. The Morgan fingerprint density at radius 1 is 1.36 bits per heavy atom. The molecule has 0 saturated heterocycles. The maximum Gasteiger partial charge on any atom is 0.213 e. The van der Waals surface area contributed by atoms with Crippen LogP contribution in [0.4, 0.5) is 0 Å². The molecule has 1 rings (SSSR count). The summed E-state index contributed by atoms with van der Waals surface area (Å²) in [6.07, 6.45) is 0. The van der Waals surface area contributed by atoms with Gasteiger partial charge in [-0.2, -0.15) is 0 Å². The minimum atomic E-state index is -0.363. The lowest BCUT2D eigenvalue weighted by Crippen LogP contribution is -2.02. The van der Waals surface area contributed by atoms with E-state index in [-0.39, 0.29) is 11.5 Å². The molecule has 0 amide bonds. The van der Waals surface area contributed by atoms with Gasteiger partial charge in [0.2, 0.25) is 6.54 Å². The molecular formula is C8H7Cl2NO2S. The molecule has 0 radical (unpaired) electrons. The molecule has 76 valence electrons. The quantitative estimate of drug-likeness (QED) is 0.468. The van der Waals surface area contributed by atoms with Crippen LogP contribution in [0.25, 0.3) is 0 Å². The summed E-state index contributed by atoms with van der Waals surface area (Å²) in [7, 11) is 0. The number of rotatable bonds is 4. The topological polar surface area (TPSA) is 43.1 Å². The van der Waals surface area contributed by atoms with Gasteiger partial charge < -0.3 is 0 Å². The summed E-state index contributed by atoms with van der Waals surface area (Å²) in [4.78, 5) is 10.4. The van der Waals surface area contributed by atoms with E-state index in [0.29, 0.717) is 20.7 Å². The molecule has 14 heavy (non-hydrogen) atoms. The van der Waals surface area contributed by atoms with Crippen LogP contribution in [0.2, 0.25) is 10.0 Å². The van der Waals surface area contributed by atoms with Crippen LogP contribution >= 0.6 is 35.0 Å². The molecule has 0 aromatic heterocycles. The molecule has 0 aliphatic heterocycles. The fraction of sp³-hybridized carbons (Fsp3) is 0.250. The average Bonchev–Trinajstić information content (AvgIpc) is 2.09. The molecule has 0 atom stereocenters. The molecule has 0 fully saturated rings. The molecular weight excluding hydrogens is 245 g/mol. The summed E-state index contributed by atoms with van der Waals surface area (Å²) in [5, 5.41) is 11.2. The van der Waals surface area contributed by atoms with Crippen molar-refractivity contribution in [1.82, 2.24) is 0 Å². The second-order valence-electron chi connectivity index (χ2n) is 2.46. The van der Waals surface area contributed by atoms with Crippen molar-refractivity contribution in [2.75, 3.05) is 12.3 Å². The van der Waals surface area contributed by atoms with Gasteiger partial charge in [0.25, 0.3) is 0 Å². The van der Waals surface area contributed by atoms with E-state index < -0.39 is 0 Å². The number of benzene rings is 1. The SMILES string of the molecule is O=[N+]([O-])CCSc1c(Cl)cccc1Cl. The van der Waals surface area contributed by atoms with Crippen molar-refractivity contribution in [3.63, 3.8) is 0 Å². The van der Waals surface area contributed by atoms with E-state index in [1.165, 1.54) is 11.8 Å². The third kappa shape index (κ3) is 3.36. The number of hydrogen-bond donors (Lipinski definition) is 0. The van der Waals surface area contributed by atoms with E-state index >= 15 is 0 Å². The third-order valence-electron chi connectivity index (χ3n) is 1.44. The molecule has 3 nitrogen and oxygen atoms in total. The molecule has 0 N–H and O–H groups in total. The van der Waals surface area contributed by atoms with Crippen molar-refractivity contribution in [1.29, 1.82) is 0 Å². The highest BCUT2D eigenvalue weighted by Crippen LogP contribution is 2.33. The Hall–Kier alpha value is -0.450. The number of nitrogens with zero attached hydrogens (tertiary/aromatic N) is 1. The Labute approximate surface area is 95.5 Å². The first-order chi connectivity index (χ1) is 6.61. The maximum absolute atomic E-state index is 10.1. The molecule has 1 aromatic carbocycles. The summed E-state index contributed by atoms with van der Waals surface area (Å²) in [6, 6.07) is 5.16. The lowest BCUT2D eigenvalue weighted by molar-refractivity contribution is -0.474. The molecule has 0 aliphatic carbocycles. The van der Waals surface area contributed by atoms with Crippen molar-refractivity contribution in [3.05, 3.63) is 38.4 Å². The second-order valence-corrected chi connectivity index (χ2v) is 4.38. The molecule has 0 unspecified atom stereocenters. The van der Waals surface area contributed by atoms with E-state index in [2.05, 4.69) is 0 Å². The van der Waals surface area contributed by atoms with E-state index in [1.807, 2.05) is 0 Å². The van der Waals surface area contributed by atoms with E-state index in [1.54, 1.807) is 18.2 Å². The van der Waals surface area contributed by atoms with Gasteiger partial charge in [0.05, 0.1) is 15.8 Å². The van der Waals surface area contributed by atoms with Gasteiger partial charge in [0, 0.05) is 9.82 Å². The second kappa shape index (κ2) is 5.44. The largest absolute Gasteiger partial charge is 0.265 e. The van der Waals surface area contributed by atoms with Gasteiger partial charge in [-0.3, -0.25) is 10.1 Å². The molecule has 0 heterocycles. The zero-order chi connectivity index (χ0) is 10.6. The third-order valence-corrected chi connectivity index (χ3v) is 3.41. The van der Waals surface area contributed by atoms with Gasteiger partial charge in [-0.25, -0.2) is 0 Å². The summed E-state index contributed by atoms with van der Waals surface area (Å²) in [5.74, 6) is 0.371.